The third kappa shape index (κ3) is 3.92. The number of amides is 1. The first kappa shape index (κ1) is 25.1. The highest BCUT2D eigenvalue weighted by Crippen LogP contribution is 2.70. The van der Waals surface area contributed by atoms with Crippen LogP contribution in [0.5, 0.6) is 0 Å². The molecule has 0 aromatic heterocycles. The summed E-state index contributed by atoms with van der Waals surface area (Å²) in [5.74, 6) is 0.0861. The predicted octanol–water partition coefficient (Wildman–Crippen LogP) is 4.66. The molecule has 2 aliphatic carbocycles. The molecule has 7 nitrogen and oxygen atoms in total. The molecular weight excluding hydrogens is 478 g/mol. The molecule has 192 valence electrons. The lowest BCUT2D eigenvalue weighted by atomic mass is 9.69. The first-order valence-corrected chi connectivity index (χ1v) is 18.1. The summed E-state index contributed by atoms with van der Waals surface area (Å²) in [6, 6.07) is 9.05. The number of hydrogen-bond donors (Lipinski definition) is 0. The van der Waals surface area contributed by atoms with E-state index in [4.69, 9.17) is 4.74 Å². The minimum absolute atomic E-state index is 0.0208. The molecule has 3 unspecified atom stereocenters. The van der Waals surface area contributed by atoms with Crippen LogP contribution in [0.4, 0.5) is 0 Å². The highest BCUT2D eigenvalue weighted by atomic mass is 32.2. The minimum Gasteiger partial charge on any atom is -0.377 e. The average Bonchev–Trinajstić information content (AvgIpc) is 3.44. The molecule has 2 heterocycles. The summed E-state index contributed by atoms with van der Waals surface area (Å²) in [4.78, 5) is 14.0. The summed E-state index contributed by atoms with van der Waals surface area (Å²) >= 11 is 0. The number of carbonyl (C=O) groups is 1. The third-order valence-electron chi connectivity index (χ3n) is 9.60. The average molecular weight is 518 g/mol. The van der Waals surface area contributed by atoms with Gasteiger partial charge in [-0.2, -0.15) is 10.2 Å². The van der Waals surface area contributed by atoms with E-state index in [1.54, 1.807) is 0 Å². The Kier molecular flexibility index (Phi) is 6.08. The van der Waals surface area contributed by atoms with Crippen LogP contribution in [0, 0.1) is 22.7 Å². The van der Waals surface area contributed by atoms with Crippen LogP contribution in [0.1, 0.15) is 45.1 Å². The molecule has 1 aromatic rings. The van der Waals surface area contributed by atoms with Crippen LogP contribution in [0.25, 0.3) is 0 Å². The van der Waals surface area contributed by atoms with Gasteiger partial charge in [0.05, 0.1) is 32.1 Å². The molecule has 1 saturated heterocycles. The summed E-state index contributed by atoms with van der Waals surface area (Å²) in [7, 11) is -5.45. The second kappa shape index (κ2) is 8.48. The predicted molar refractivity (Wildman–Crippen MR) is 138 cm³/mol. The lowest BCUT2D eigenvalue weighted by molar-refractivity contribution is -0.131. The van der Waals surface area contributed by atoms with E-state index < -0.39 is 24.1 Å². The Bertz CT molecular complexity index is 1120. The van der Waals surface area contributed by atoms with Crippen molar-refractivity contribution in [1.29, 1.82) is 0 Å². The van der Waals surface area contributed by atoms with Crippen molar-refractivity contribution in [3.63, 3.8) is 0 Å². The Labute approximate surface area is 210 Å². The highest BCUT2D eigenvalue weighted by molar-refractivity contribution is 7.90. The Morgan fingerprint density at radius 2 is 1.89 bits per heavy atom. The Hall–Kier alpha value is -1.58. The molecule has 6 atom stereocenters. The largest absolute Gasteiger partial charge is 0.377 e. The molecule has 0 N–H and O–H groups in total. The maximum absolute atomic E-state index is 14.0. The molecular formula is C26H39N3O4SSi. The zero-order valence-corrected chi connectivity index (χ0v) is 23.4. The van der Waals surface area contributed by atoms with Crippen LogP contribution in [-0.4, -0.2) is 56.8 Å². The quantitative estimate of drug-likeness (QED) is 0.389. The molecule has 1 amide bonds. The van der Waals surface area contributed by atoms with E-state index in [0.29, 0.717) is 25.6 Å². The molecule has 5 rings (SSSR count). The Morgan fingerprint density at radius 3 is 2.54 bits per heavy atom. The number of fused-ring (bicyclic) bond motifs is 1. The normalized spacial score (nSPS) is 36.6. The molecule has 2 aliphatic heterocycles. The summed E-state index contributed by atoms with van der Waals surface area (Å²) in [5, 5.41) is 9.07. The molecule has 2 bridgehead atoms. The SMILES string of the molecule is CC1(C)[C@@H]2CC[C@]13CS(=O)(=O)N(C(=O)C1N=NC([Si](C)(C)C)C1CCOCc1ccccc1)[C@@H]3C2. The summed E-state index contributed by atoms with van der Waals surface area (Å²) in [6.45, 7) is 12.1. The van der Waals surface area contributed by atoms with Gasteiger partial charge in [-0.1, -0.05) is 63.8 Å². The summed E-state index contributed by atoms with van der Waals surface area (Å²) in [6.07, 6.45) is 3.37. The number of ether oxygens (including phenoxy) is 1. The van der Waals surface area contributed by atoms with E-state index in [1.165, 1.54) is 4.31 Å². The van der Waals surface area contributed by atoms with Gasteiger partial charge in [-0.15, -0.1) is 0 Å². The van der Waals surface area contributed by atoms with Crippen LogP contribution in [0.3, 0.4) is 0 Å². The fourth-order valence-electron chi connectivity index (χ4n) is 7.54. The molecule has 1 spiro atoms. The fraction of sp³-hybridized carbons (Fsp3) is 0.731. The van der Waals surface area contributed by atoms with Crippen molar-refractivity contribution in [2.24, 2.45) is 32.9 Å². The van der Waals surface area contributed by atoms with E-state index >= 15 is 0 Å². The van der Waals surface area contributed by atoms with Gasteiger partial charge in [0, 0.05) is 17.9 Å². The zero-order chi connectivity index (χ0) is 25.2. The smallest absolute Gasteiger partial charge is 0.263 e. The molecule has 35 heavy (non-hydrogen) atoms. The Balaban J connectivity index is 1.35. The van der Waals surface area contributed by atoms with E-state index in [0.717, 1.165) is 24.8 Å². The Morgan fingerprint density at radius 1 is 1.17 bits per heavy atom. The van der Waals surface area contributed by atoms with E-state index in [9.17, 15) is 13.2 Å². The van der Waals surface area contributed by atoms with Crippen LogP contribution in [0.2, 0.25) is 19.6 Å². The second-order valence-corrected chi connectivity index (χ2v) is 19.9. The number of rotatable bonds is 7. The highest BCUT2D eigenvalue weighted by Gasteiger charge is 2.72. The molecule has 3 fully saturated rings. The van der Waals surface area contributed by atoms with Crippen molar-refractivity contribution in [1.82, 2.24) is 4.31 Å². The van der Waals surface area contributed by atoms with E-state index in [-0.39, 0.29) is 40.1 Å². The minimum atomic E-state index is -3.67. The van der Waals surface area contributed by atoms with Crippen LogP contribution >= 0.6 is 0 Å². The zero-order valence-electron chi connectivity index (χ0n) is 21.6. The first-order chi connectivity index (χ1) is 16.4. The van der Waals surface area contributed by atoms with Gasteiger partial charge in [0.25, 0.3) is 5.91 Å². The van der Waals surface area contributed by atoms with E-state index in [2.05, 4.69) is 43.7 Å². The standard InChI is InChI=1S/C26H39N3O4SSi/c1-25(2)19-11-13-26(25)17-34(31,32)29(21(26)15-19)24(30)22-20(23(28-27-22)35(3,4)5)12-14-33-16-18-9-7-6-8-10-18/h6-10,19-23H,11-17H2,1-5H3/t19-,20?,21-,22?,23?,26-/m1/s1. The van der Waals surface area contributed by atoms with Gasteiger partial charge in [-0.25, -0.2) is 12.7 Å². The van der Waals surface area contributed by atoms with Crippen molar-refractivity contribution in [2.45, 2.75) is 83.5 Å². The van der Waals surface area contributed by atoms with Crippen LogP contribution in [0.15, 0.2) is 40.6 Å². The molecule has 9 heteroatoms. The molecule has 1 aromatic carbocycles. The van der Waals surface area contributed by atoms with Crippen molar-refractivity contribution in [3.8, 4) is 0 Å². The summed E-state index contributed by atoms with van der Waals surface area (Å²) < 4.78 is 34.2. The lowest BCUT2D eigenvalue weighted by Gasteiger charge is -2.37. The van der Waals surface area contributed by atoms with Gasteiger partial charge in [-0.3, -0.25) is 4.79 Å². The topological polar surface area (TPSA) is 88.4 Å². The molecule has 2 saturated carbocycles. The number of sulfonamides is 1. The van der Waals surface area contributed by atoms with Gasteiger partial charge < -0.3 is 4.74 Å². The second-order valence-electron chi connectivity index (χ2n) is 12.7. The molecule has 4 aliphatic rings. The van der Waals surface area contributed by atoms with Gasteiger partial charge in [0.1, 0.15) is 0 Å². The van der Waals surface area contributed by atoms with Crippen LogP contribution < -0.4 is 0 Å². The van der Waals surface area contributed by atoms with Gasteiger partial charge in [-0.05, 0) is 42.6 Å². The fourth-order valence-corrected chi connectivity index (χ4v) is 12.1. The van der Waals surface area contributed by atoms with E-state index in [1.807, 2.05) is 30.3 Å². The van der Waals surface area contributed by atoms with Gasteiger partial charge in [0.15, 0.2) is 6.04 Å². The van der Waals surface area contributed by atoms with Crippen molar-refractivity contribution >= 4 is 24.0 Å². The lowest BCUT2D eigenvalue weighted by Crippen LogP contribution is -2.51. The van der Waals surface area contributed by atoms with Gasteiger partial charge in [0.2, 0.25) is 10.0 Å². The van der Waals surface area contributed by atoms with Gasteiger partial charge >= 0.3 is 0 Å². The van der Waals surface area contributed by atoms with Crippen molar-refractivity contribution in [2.75, 3.05) is 12.4 Å². The number of hydrogen-bond acceptors (Lipinski definition) is 6. The maximum atomic E-state index is 14.0. The van der Waals surface area contributed by atoms with Crippen molar-refractivity contribution < 1.29 is 17.9 Å². The number of benzene rings is 1. The van der Waals surface area contributed by atoms with Crippen LogP contribution in [-0.2, 0) is 26.2 Å². The number of carbonyl (C=O) groups excluding carboxylic acids is 1. The molecule has 0 radical (unpaired) electrons. The summed E-state index contributed by atoms with van der Waals surface area (Å²) in [5.41, 5.74) is 0.694. The maximum Gasteiger partial charge on any atom is 0.263 e. The number of nitrogens with zero attached hydrogens (tertiary/aromatic N) is 3. The number of azo groups is 1. The van der Waals surface area contributed by atoms with Crippen molar-refractivity contribution in [3.05, 3.63) is 35.9 Å². The first-order valence-electron chi connectivity index (χ1n) is 13.0. The monoisotopic (exact) mass is 517 g/mol. The third-order valence-corrected chi connectivity index (χ3v) is 13.8.